The average Bonchev–Trinajstić information content (AvgIpc) is 3.11. The number of aryl methyl sites for hydroxylation is 2. The van der Waals surface area contributed by atoms with E-state index < -0.39 is 28.8 Å². The zero-order valence-corrected chi connectivity index (χ0v) is 18.0. The molecule has 4 rings (SSSR count). The monoisotopic (exact) mass is 497 g/mol. The second-order valence-electron chi connectivity index (χ2n) is 6.63. The van der Waals surface area contributed by atoms with Crippen LogP contribution in [0.4, 0.5) is 17.6 Å². The molecular formula is C21H16BrF4N3O2. The van der Waals surface area contributed by atoms with Gasteiger partial charge in [-0.05, 0) is 31.5 Å². The topological polar surface area (TPSA) is 60.9 Å². The minimum Gasteiger partial charge on any atom is -0.354 e. The highest BCUT2D eigenvalue weighted by Crippen LogP contribution is 2.17. The molecule has 0 N–H and O–H groups in total. The Kier molecular flexibility index (Phi) is 6.89. The zero-order chi connectivity index (χ0) is 22.7. The minimum absolute atomic E-state index is 0.0909. The van der Waals surface area contributed by atoms with Crippen molar-refractivity contribution < 1.29 is 22.1 Å². The molecule has 2 aromatic carbocycles. The Labute approximate surface area is 182 Å². The Balaban J connectivity index is 0.000000229. The molecule has 10 heteroatoms. The lowest BCUT2D eigenvalue weighted by Crippen LogP contribution is -2.25. The van der Waals surface area contributed by atoms with Crippen LogP contribution in [0.3, 0.4) is 0 Å². The van der Waals surface area contributed by atoms with E-state index in [0.717, 1.165) is 22.9 Å². The molecule has 0 aliphatic carbocycles. The van der Waals surface area contributed by atoms with Crippen LogP contribution in [0.15, 0.2) is 45.7 Å². The normalized spacial score (nSPS) is 10.8. The highest BCUT2D eigenvalue weighted by Gasteiger charge is 2.16. The van der Waals surface area contributed by atoms with Gasteiger partial charge in [-0.25, -0.2) is 22.2 Å². The van der Waals surface area contributed by atoms with Gasteiger partial charge >= 0.3 is 0 Å². The van der Waals surface area contributed by atoms with Crippen molar-refractivity contribution in [2.45, 2.75) is 25.7 Å². The summed E-state index contributed by atoms with van der Waals surface area (Å²) in [7, 11) is 0. The lowest BCUT2D eigenvalue weighted by atomic mass is 10.2. The molecule has 5 nitrogen and oxygen atoms in total. The zero-order valence-electron chi connectivity index (χ0n) is 16.4. The van der Waals surface area contributed by atoms with Gasteiger partial charge in [0, 0.05) is 23.0 Å². The van der Waals surface area contributed by atoms with Crippen LogP contribution >= 0.6 is 15.9 Å². The molecule has 4 aromatic rings. The summed E-state index contributed by atoms with van der Waals surface area (Å²) in [4.78, 5) is 12.3. The summed E-state index contributed by atoms with van der Waals surface area (Å²) in [6.45, 7) is 3.23. The van der Waals surface area contributed by atoms with Gasteiger partial charge in [0.1, 0.15) is 34.3 Å². The van der Waals surface area contributed by atoms with Crippen molar-refractivity contribution in [3.05, 3.63) is 92.5 Å². The van der Waals surface area contributed by atoms with Gasteiger partial charge in [0.2, 0.25) is 0 Å². The van der Waals surface area contributed by atoms with E-state index in [-0.39, 0.29) is 12.1 Å². The molecule has 31 heavy (non-hydrogen) atoms. The number of alkyl halides is 1. The highest BCUT2D eigenvalue weighted by molar-refractivity contribution is 9.08. The number of rotatable bonds is 3. The van der Waals surface area contributed by atoms with Crippen molar-refractivity contribution in [2.24, 2.45) is 0 Å². The Morgan fingerprint density at radius 3 is 2.06 bits per heavy atom. The third-order valence-corrected chi connectivity index (χ3v) is 5.01. The fraction of sp³-hybridized carbons (Fsp3) is 0.190. The number of fused-ring (bicyclic) bond motifs is 1. The molecule has 0 spiro atoms. The molecule has 2 heterocycles. The van der Waals surface area contributed by atoms with Crippen molar-refractivity contribution in [3.8, 4) is 0 Å². The first-order valence-corrected chi connectivity index (χ1v) is 10.1. The summed E-state index contributed by atoms with van der Waals surface area (Å²) in [6, 6.07) is 6.73. The molecular weight excluding hydrogens is 482 g/mol. The maximum Gasteiger partial charge on any atom is 0.280 e. The Hall–Kier alpha value is -3.01. The largest absolute Gasteiger partial charge is 0.354 e. The van der Waals surface area contributed by atoms with Crippen molar-refractivity contribution in [1.29, 1.82) is 0 Å². The number of nitrogens with zero attached hydrogens (tertiary/aromatic N) is 3. The molecule has 0 bridgehead atoms. The van der Waals surface area contributed by atoms with Crippen LogP contribution in [0.2, 0.25) is 0 Å². The number of hydrogen-bond acceptors (Lipinski definition) is 4. The van der Waals surface area contributed by atoms with E-state index in [1.165, 1.54) is 18.2 Å². The summed E-state index contributed by atoms with van der Waals surface area (Å²) in [5.41, 5.74) is 1.49. The maximum absolute atomic E-state index is 13.7. The summed E-state index contributed by atoms with van der Waals surface area (Å²) in [6.07, 6.45) is 0. The summed E-state index contributed by atoms with van der Waals surface area (Å²) >= 11 is 3.07. The van der Waals surface area contributed by atoms with Crippen molar-refractivity contribution in [3.63, 3.8) is 0 Å². The van der Waals surface area contributed by atoms with Gasteiger partial charge in [0.25, 0.3) is 5.56 Å². The molecule has 0 atom stereocenters. The van der Waals surface area contributed by atoms with E-state index in [2.05, 4.69) is 26.2 Å². The van der Waals surface area contributed by atoms with Gasteiger partial charge in [0.05, 0.1) is 12.2 Å². The first kappa shape index (κ1) is 22.7. The number of halogens is 5. The lowest BCUT2D eigenvalue weighted by Gasteiger charge is -2.07. The number of benzene rings is 2. The standard InChI is InChI=1S/C14H11F2N3O2.C7H5BrF2/c1-7-12-13(21-18-7)8(2)17-19(14(12)20)6-9-3-4-10(15)5-11(9)16;8-4-5-1-2-6(9)3-7(5)10/h3-5H,6H2,1-2H3;1-3H,4H2. The van der Waals surface area contributed by atoms with Crippen LogP contribution in [0, 0.1) is 37.1 Å². The Morgan fingerprint density at radius 2 is 1.52 bits per heavy atom. The summed E-state index contributed by atoms with van der Waals surface area (Å²) < 4.78 is 57.6. The van der Waals surface area contributed by atoms with E-state index in [1.54, 1.807) is 13.8 Å². The summed E-state index contributed by atoms with van der Waals surface area (Å²) in [5.74, 6) is -2.43. The van der Waals surface area contributed by atoms with E-state index in [1.807, 2.05) is 0 Å². The third kappa shape index (κ3) is 5.01. The van der Waals surface area contributed by atoms with E-state index in [4.69, 9.17) is 4.52 Å². The molecule has 0 aliphatic heterocycles. The predicted octanol–water partition coefficient (Wildman–Crippen LogP) is 5.19. The smallest absolute Gasteiger partial charge is 0.280 e. The molecule has 0 saturated carbocycles. The van der Waals surface area contributed by atoms with Crippen molar-refractivity contribution in [1.82, 2.24) is 14.9 Å². The first-order chi connectivity index (χ1) is 14.7. The SMILES string of the molecule is Cc1nn(Cc2ccc(F)cc2F)c(=O)c2c(C)noc12.Fc1ccc(CBr)c(F)c1. The second-order valence-corrected chi connectivity index (χ2v) is 7.19. The highest BCUT2D eigenvalue weighted by atomic mass is 79.9. The van der Waals surface area contributed by atoms with E-state index in [0.29, 0.717) is 33.3 Å². The van der Waals surface area contributed by atoms with Crippen molar-refractivity contribution >= 4 is 26.9 Å². The van der Waals surface area contributed by atoms with Gasteiger partial charge in [-0.2, -0.15) is 5.10 Å². The van der Waals surface area contributed by atoms with Crippen molar-refractivity contribution in [2.75, 3.05) is 0 Å². The fourth-order valence-corrected chi connectivity index (χ4v) is 3.27. The van der Waals surface area contributed by atoms with E-state index in [9.17, 15) is 22.4 Å². The van der Waals surface area contributed by atoms with Gasteiger partial charge in [-0.3, -0.25) is 4.79 Å². The fourth-order valence-electron chi connectivity index (χ4n) is 2.82. The van der Waals surface area contributed by atoms with E-state index >= 15 is 0 Å². The van der Waals surface area contributed by atoms with Gasteiger partial charge in [-0.15, -0.1) is 0 Å². The van der Waals surface area contributed by atoms with Gasteiger partial charge in [-0.1, -0.05) is 33.2 Å². The van der Waals surface area contributed by atoms with Crippen LogP contribution in [-0.4, -0.2) is 14.9 Å². The Morgan fingerprint density at radius 1 is 0.935 bits per heavy atom. The molecule has 0 aliphatic rings. The Bertz CT molecular complexity index is 1300. The summed E-state index contributed by atoms with van der Waals surface area (Å²) in [5, 5.41) is 8.57. The molecule has 2 aromatic heterocycles. The van der Waals surface area contributed by atoms with Crippen LogP contribution in [0.1, 0.15) is 22.5 Å². The quantitative estimate of drug-likeness (QED) is 0.288. The predicted molar refractivity (Wildman–Crippen MR) is 110 cm³/mol. The molecule has 0 amide bonds. The molecule has 0 saturated heterocycles. The molecule has 162 valence electrons. The maximum atomic E-state index is 13.7. The third-order valence-electron chi connectivity index (χ3n) is 4.40. The van der Waals surface area contributed by atoms with Crippen LogP contribution in [0.5, 0.6) is 0 Å². The van der Waals surface area contributed by atoms with Gasteiger partial charge in [0.15, 0.2) is 5.58 Å². The average molecular weight is 498 g/mol. The molecule has 0 unspecified atom stereocenters. The molecule has 0 fully saturated rings. The minimum atomic E-state index is -0.719. The lowest BCUT2D eigenvalue weighted by molar-refractivity contribution is 0.446. The second kappa shape index (κ2) is 9.42. The number of aromatic nitrogens is 3. The van der Waals surface area contributed by atoms with Crippen LogP contribution < -0.4 is 5.56 Å². The van der Waals surface area contributed by atoms with Gasteiger partial charge < -0.3 is 4.52 Å². The van der Waals surface area contributed by atoms with Crippen LogP contribution in [-0.2, 0) is 11.9 Å². The number of hydrogen-bond donors (Lipinski definition) is 0. The van der Waals surface area contributed by atoms with Crippen LogP contribution in [0.25, 0.3) is 11.0 Å². The molecule has 0 radical (unpaired) electrons. The first-order valence-electron chi connectivity index (χ1n) is 8.98.